The molecule has 0 spiro atoms. The standard InChI is InChI=1S/C47H74N2O5/c1-29(2)30-16-21-47(40(53)48-35-26-33(42(35,5)6)39(52)49-24-12-13-25-49)23-22-45(10)32-14-15-34-43(7,8)36(54-37(51)27-41(3,4)28-50)18-19-44(34,9)31(32)17-20-46(45,11)38(30)47/h28,30-36,38H,1,12-27H2,2-11H3,(H,48,53)/t30-,31-,32?,33+,34-,35?,36-,38?,44+,45-,46+,47-/m0/s1. The van der Waals surface area contributed by atoms with Gasteiger partial charge in [-0.15, -0.1) is 0 Å². The fourth-order valence-electron chi connectivity index (χ4n) is 15.4. The van der Waals surface area contributed by atoms with E-state index in [9.17, 15) is 14.4 Å². The van der Waals surface area contributed by atoms with Crippen LogP contribution in [0.2, 0.25) is 0 Å². The number of likely N-dealkylation sites (tertiary alicyclic amines) is 1. The van der Waals surface area contributed by atoms with Crippen LogP contribution < -0.4 is 5.32 Å². The lowest BCUT2D eigenvalue weighted by molar-refractivity contribution is -0.240. The second kappa shape index (κ2) is 13.2. The topological polar surface area (TPSA) is 92.8 Å². The maximum Gasteiger partial charge on any atom is 0.307 e. The fraction of sp³-hybridized carbons (Fsp3) is 0.872. The van der Waals surface area contributed by atoms with E-state index in [4.69, 9.17) is 4.74 Å². The summed E-state index contributed by atoms with van der Waals surface area (Å²) in [7, 11) is 0. The van der Waals surface area contributed by atoms with E-state index in [0.717, 1.165) is 90.0 Å². The molecule has 1 aliphatic heterocycles. The number of esters is 1. The predicted octanol–water partition coefficient (Wildman–Crippen LogP) is 9.32. The van der Waals surface area contributed by atoms with Gasteiger partial charge in [-0.05, 0) is 142 Å². The molecule has 7 nitrogen and oxygen atoms in total. The number of fused-ring (bicyclic) bond motifs is 7. The first-order valence-corrected chi connectivity index (χ1v) is 22.0. The van der Waals surface area contributed by atoms with Crippen LogP contribution in [-0.4, -0.2) is 54.2 Å². The number of nitrogens with zero attached hydrogens (tertiary/aromatic N) is 1. The Morgan fingerprint density at radius 2 is 1.52 bits per heavy atom. The van der Waals surface area contributed by atoms with Crippen molar-refractivity contribution in [1.29, 1.82) is 0 Å². The monoisotopic (exact) mass is 747 g/mol. The van der Waals surface area contributed by atoms with Gasteiger partial charge in [0, 0.05) is 35.9 Å². The Labute approximate surface area is 327 Å². The normalized spacial score (nSPS) is 44.7. The molecule has 7 aliphatic rings. The van der Waals surface area contributed by atoms with E-state index in [-0.39, 0.29) is 69.4 Å². The summed E-state index contributed by atoms with van der Waals surface area (Å²) in [5.41, 5.74) is 0.0396. The molecule has 0 aromatic rings. The van der Waals surface area contributed by atoms with Gasteiger partial charge in [-0.1, -0.05) is 74.5 Å². The van der Waals surface area contributed by atoms with Gasteiger partial charge in [-0.2, -0.15) is 0 Å². The second-order valence-electron chi connectivity index (χ2n) is 22.6. The summed E-state index contributed by atoms with van der Waals surface area (Å²) in [6.45, 7) is 29.0. The van der Waals surface area contributed by atoms with Gasteiger partial charge in [0.05, 0.1) is 11.8 Å². The van der Waals surface area contributed by atoms with Crippen molar-refractivity contribution >= 4 is 24.1 Å². The fourth-order valence-corrected chi connectivity index (χ4v) is 15.4. The van der Waals surface area contributed by atoms with E-state index >= 15 is 4.79 Å². The number of ether oxygens (including phenoxy) is 1. The molecular formula is C47H74N2O5. The highest BCUT2D eigenvalue weighted by atomic mass is 16.5. The number of rotatable bonds is 8. The lowest BCUT2D eigenvalue weighted by Crippen LogP contribution is -2.68. The molecule has 0 radical (unpaired) electrons. The minimum atomic E-state index is -0.711. The number of allylic oxidation sites excluding steroid dienone is 1. The van der Waals surface area contributed by atoms with Crippen molar-refractivity contribution in [3.8, 4) is 0 Å². The lowest BCUT2D eigenvalue weighted by Gasteiger charge is -2.72. The number of carbonyl (C=O) groups is 4. The van der Waals surface area contributed by atoms with Gasteiger partial charge in [-0.3, -0.25) is 14.4 Å². The Bertz CT molecular complexity index is 1560. The highest BCUT2D eigenvalue weighted by Crippen LogP contribution is 2.78. The molecule has 1 saturated heterocycles. The molecule has 12 atom stereocenters. The molecule has 0 aromatic carbocycles. The first-order valence-electron chi connectivity index (χ1n) is 22.0. The second-order valence-corrected chi connectivity index (χ2v) is 22.6. The van der Waals surface area contributed by atoms with E-state index in [1.165, 1.54) is 18.4 Å². The molecule has 54 heavy (non-hydrogen) atoms. The summed E-state index contributed by atoms with van der Waals surface area (Å²) in [5, 5.41) is 3.65. The zero-order valence-corrected chi connectivity index (χ0v) is 35.7. The molecule has 6 saturated carbocycles. The molecule has 1 heterocycles. The molecule has 7 fully saturated rings. The molecule has 0 bridgehead atoms. The van der Waals surface area contributed by atoms with Crippen molar-refractivity contribution in [1.82, 2.24) is 10.2 Å². The highest BCUT2D eigenvalue weighted by Gasteiger charge is 2.73. The molecule has 3 unspecified atom stereocenters. The third-order valence-electron chi connectivity index (χ3n) is 18.9. The van der Waals surface area contributed by atoms with Gasteiger partial charge in [0.25, 0.3) is 0 Å². The molecule has 2 amide bonds. The van der Waals surface area contributed by atoms with Gasteiger partial charge < -0.3 is 19.7 Å². The smallest absolute Gasteiger partial charge is 0.307 e. The van der Waals surface area contributed by atoms with Crippen LogP contribution in [0.1, 0.15) is 159 Å². The van der Waals surface area contributed by atoms with Gasteiger partial charge in [0.15, 0.2) is 0 Å². The molecule has 7 rings (SSSR count). The first kappa shape index (κ1) is 40.0. The van der Waals surface area contributed by atoms with E-state index in [1.54, 1.807) is 13.8 Å². The maximum absolute atomic E-state index is 15.0. The Morgan fingerprint density at radius 1 is 0.833 bits per heavy atom. The van der Waals surface area contributed by atoms with Crippen molar-refractivity contribution in [3.63, 3.8) is 0 Å². The zero-order valence-electron chi connectivity index (χ0n) is 35.7. The number of amides is 2. The maximum atomic E-state index is 15.0. The lowest BCUT2D eigenvalue weighted by atomic mass is 9.33. The number of aldehydes is 1. The van der Waals surface area contributed by atoms with Crippen molar-refractivity contribution in [3.05, 3.63) is 12.2 Å². The zero-order chi connectivity index (χ0) is 39.4. The summed E-state index contributed by atoms with van der Waals surface area (Å²) >= 11 is 0. The number of hydrogen-bond acceptors (Lipinski definition) is 5. The van der Waals surface area contributed by atoms with Gasteiger partial charge in [0.2, 0.25) is 11.8 Å². The van der Waals surface area contributed by atoms with Crippen LogP contribution in [0.15, 0.2) is 12.2 Å². The molecule has 6 aliphatic carbocycles. The summed E-state index contributed by atoms with van der Waals surface area (Å²) in [6.07, 6.45) is 14.4. The van der Waals surface area contributed by atoms with Gasteiger partial charge in [-0.25, -0.2) is 0 Å². The molecule has 7 heteroatoms. The van der Waals surface area contributed by atoms with Gasteiger partial charge in [0.1, 0.15) is 12.4 Å². The Kier molecular flexibility index (Phi) is 9.77. The van der Waals surface area contributed by atoms with Crippen LogP contribution in [0.25, 0.3) is 0 Å². The summed E-state index contributed by atoms with van der Waals surface area (Å²) in [5.74, 6) is 2.55. The van der Waals surface area contributed by atoms with Crippen LogP contribution in [-0.2, 0) is 23.9 Å². The number of nitrogens with one attached hydrogen (secondary N) is 1. The third-order valence-corrected chi connectivity index (χ3v) is 18.9. The predicted molar refractivity (Wildman–Crippen MR) is 213 cm³/mol. The van der Waals surface area contributed by atoms with Crippen LogP contribution in [0.3, 0.4) is 0 Å². The molecule has 0 aromatic heterocycles. The minimum Gasteiger partial charge on any atom is -0.462 e. The quantitative estimate of drug-likeness (QED) is 0.152. The van der Waals surface area contributed by atoms with Crippen LogP contribution in [0.5, 0.6) is 0 Å². The van der Waals surface area contributed by atoms with E-state index in [2.05, 4.69) is 72.2 Å². The number of carbonyl (C=O) groups excluding carboxylic acids is 4. The average Bonchev–Trinajstić information content (AvgIpc) is 3.78. The minimum absolute atomic E-state index is 0.0124. The third kappa shape index (κ3) is 5.74. The Balaban J connectivity index is 1.11. The molecule has 302 valence electrons. The summed E-state index contributed by atoms with van der Waals surface area (Å²) < 4.78 is 6.24. The first-order chi connectivity index (χ1) is 25.1. The summed E-state index contributed by atoms with van der Waals surface area (Å²) in [4.78, 5) is 55.2. The summed E-state index contributed by atoms with van der Waals surface area (Å²) in [6, 6.07) is 0.0294. The van der Waals surface area contributed by atoms with Crippen molar-refractivity contribution in [2.45, 2.75) is 171 Å². The number of hydrogen-bond donors (Lipinski definition) is 1. The van der Waals surface area contributed by atoms with Crippen LogP contribution >= 0.6 is 0 Å². The SMILES string of the molecule is C=C(C)[C@@H]1CC[C@]2(C(=O)NC3C[C@H](C(=O)N4CCCC4)C3(C)C)CC[C@@]3(C)C4CC[C@H]5C(C)(C)[C@@H](OC(=O)CC(C)(C)C=O)CC[C@]5(C)[C@H]4CC[C@]3(C)C12. The van der Waals surface area contributed by atoms with Crippen LogP contribution in [0.4, 0.5) is 0 Å². The van der Waals surface area contributed by atoms with Crippen molar-refractivity contribution in [2.24, 2.45) is 73.4 Å². The van der Waals surface area contributed by atoms with Gasteiger partial charge >= 0.3 is 5.97 Å². The van der Waals surface area contributed by atoms with E-state index in [1.807, 2.05) is 0 Å². The average molecular weight is 747 g/mol. The molecule has 1 N–H and O–H groups in total. The molecular weight excluding hydrogens is 673 g/mol. The highest BCUT2D eigenvalue weighted by molar-refractivity contribution is 5.86. The van der Waals surface area contributed by atoms with E-state index < -0.39 is 10.8 Å². The van der Waals surface area contributed by atoms with Crippen LogP contribution in [0, 0.1) is 73.4 Å². The van der Waals surface area contributed by atoms with Crippen molar-refractivity contribution < 1.29 is 23.9 Å². The largest absolute Gasteiger partial charge is 0.462 e. The Morgan fingerprint density at radius 3 is 2.15 bits per heavy atom. The Hall–Kier alpha value is -2.18. The van der Waals surface area contributed by atoms with Crippen molar-refractivity contribution in [2.75, 3.05) is 13.1 Å². The van der Waals surface area contributed by atoms with E-state index in [0.29, 0.717) is 29.6 Å².